The zero-order chi connectivity index (χ0) is 17.1. The number of rotatable bonds is 4. The molecule has 0 saturated heterocycles. The van der Waals surface area contributed by atoms with Crippen molar-refractivity contribution in [3.63, 3.8) is 0 Å². The number of anilines is 1. The molecular weight excluding hydrogens is 304 g/mol. The molecule has 0 bridgehead atoms. The maximum Gasteiger partial charge on any atom is 0.262 e. The van der Waals surface area contributed by atoms with Gasteiger partial charge in [-0.1, -0.05) is 31.2 Å². The first-order valence-electron chi connectivity index (χ1n) is 8.03. The van der Waals surface area contributed by atoms with Crippen molar-refractivity contribution in [2.45, 2.75) is 26.3 Å². The van der Waals surface area contributed by atoms with E-state index in [0.29, 0.717) is 17.0 Å². The van der Waals surface area contributed by atoms with Gasteiger partial charge in [-0.3, -0.25) is 9.59 Å². The number of fused-ring (bicyclic) bond motifs is 1. The summed E-state index contributed by atoms with van der Waals surface area (Å²) in [6, 6.07) is 13.1. The van der Waals surface area contributed by atoms with Gasteiger partial charge in [-0.05, 0) is 42.7 Å². The largest absolute Gasteiger partial charge is 0.482 e. The molecule has 2 aromatic carbocycles. The Bertz CT molecular complexity index is 769. The van der Waals surface area contributed by atoms with Crippen LogP contribution < -0.4 is 15.4 Å². The molecule has 0 spiro atoms. The third-order valence-electron chi connectivity index (χ3n) is 4.11. The summed E-state index contributed by atoms with van der Waals surface area (Å²) in [6.45, 7) is 4.06. The highest BCUT2D eigenvalue weighted by Gasteiger charge is 2.18. The van der Waals surface area contributed by atoms with Gasteiger partial charge >= 0.3 is 0 Å². The Morgan fingerprint density at radius 3 is 2.71 bits per heavy atom. The molecule has 1 atom stereocenters. The van der Waals surface area contributed by atoms with Crippen LogP contribution >= 0.6 is 0 Å². The first-order valence-corrected chi connectivity index (χ1v) is 8.03. The van der Waals surface area contributed by atoms with Crippen LogP contribution in [0, 0.1) is 0 Å². The Balaban J connectivity index is 1.72. The molecule has 1 unspecified atom stereocenters. The van der Waals surface area contributed by atoms with Crippen molar-refractivity contribution in [3.05, 3.63) is 59.2 Å². The molecular formula is C19H20N2O3. The van der Waals surface area contributed by atoms with Crippen molar-refractivity contribution in [2.75, 3.05) is 11.9 Å². The molecule has 5 nitrogen and oxygen atoms in total. The van der Waals surface area contributed by atoms with Crippen LogP contribution in [-0.2, 0) is 11.2 Å². The van der Waals surface area contributed by atoms with Crippen molar-refractivity contribution >= 4 is 17.5 Å². The number of benzene rings is 2. The van der Waals surface area contributed by atoms with Crippen LogP contribution in [0.3, 0.4) is 0 Å². The molecule has 1 aliphatic rings. The lowest BCUT2D eigenvalue weighted by atomic mass is 10.0. The van der Waals surface area contributed by atoms with Gasteiger partial charge in [0.1, 0.15) is 5.75 Å². The van der Waals surface area contributed by atoms with Crippen molar-refractivity contribution in [1.82, 2.24) is 5.32 Å². The lowest BCUT2D eigenvalue weighted by molar-refractivity contribution is -0.118. The van der Waals surface area contributed by atoms with Gasteiger partial charge in [0, 0.05) is 5.56 Å². The molecule has 0 aliphatic carbocycles. The van der Waals surface area contributed by atoms with Crippen LogP contribution in [0.4, 0.5) is 5.69 Å². The van der Waals surface area contributed by atoms with E-state index in [1.54, 1.807) is 18.2 Å². The van der Waals surface area contributed by atoms with Gasteiger partial charge in [-0.25, -0.2) is 0 Å². The summed E-state index contributed by atoms with van der Waals surface area (Å²) in [4.78, 5) is 23.8. The highest BCUT2D eigenvalue weighted by Crippen LogP contribution is 2.28. The molecule has 5 heteroatoms. The molecule has 1 aliphatic heterocycles. The maximum absolute atomic E-state index is 12.5. The molecule has 1 heterocycles. The van der Waals surface area contributed by atoms with Crippen molar-refractivity contribution in [3.8, 4) is 5.75 Å². The van der Waals surface area contributed by atoms with Crippen LogP contribution in [0.2, 0.25) is 0 Å². The third kappa shape index (κ3) is 3.40. The van der Waals surface area contributed by atoms with E-state index in [-0.39, 0.29) is 24.5 Å². The van der Waals surface area contributed by atoms with E-state index in [4.69, 9.17) is 4.74 Å². The van der Waals surface area contributed by atoms with Crippen LogP contribution in [0.1, 0.15) is 41.4 Å². The summed E-state index contributed by atoms with van der Waals surface area (Å²) in [7, 11) is 0. The van der Waals surface area contributed by atoms with Gasteiger partial charge < -0.3 is 15.4 Å². The van der Waals surface area contributed by atoms with E-state index in [0.717, 1.165) is 12.0 Å². The lowest BCUT2D eigenvalue weighted by Crippen LogP contribution is -2.28. The summed E-state index contributed by atoms with van der Waals surface area (Å²) in [6.07, 6.45) is 0.990. The van der Waals surface area contributed by atoms with E-state index >= 15 is 0 Å². The molecule has 2 aromatic rings. The number of carbonyl (C=O) groups is 2. The summed E-state index contributed by atoms with van der Waals surface area (Å²) >= 11 is 0. The molecule has 0 fully saturated rings. The molecule has 24 heavy (non-hydrogen) atoms. The fraction of sp³-hybridized carbons (Fsp3) is 0.263. The van der Waals surface area contributed by atoms with E-state index in [1.165, 1.54) is 5.56 Å². The lowest BCUT2D eigenvalue weighted by Gasteiger charge is -2.19. The van der Waals surface area contributed by atoms with Gasteiger partial charge in [0.15, 0.2) is 6.61 Å². The average molecular weight is 324 g/mol. The van der Waals surface area contributed by atoms with E-state index in [2.05, 4.69) is 29.7 Å². The number of aryl methyl sites for hydroxylation is 1. The normalized spacial score (nSPS) is 14.2. The predicted octanol–water partition coefficient (Wildman–Crippen LogP) is 3.07. The monoisotopic (exact) mass is 324 g/mol. The fourth-order valence-electron chi connectivity index (χ4n) is 2.63. The average Bonchev–Trinajstić information content (AvgIpc) is 2.61. The van der Waals surface area contributed by atoms with Gasteiger partial charge in [0.25, 0.3) is 11.8 Å². The number of hydrogen-bond acceptors (Lipinski definition) is 3. The van der Waals surface area contributed by atoms with Gasteiger partial charge in [0.2, 0.25) is 0 Å². The number of hydrogen-bond donors (Lipinski definition) is 2. The Hall–Kier alpha value is -2.82. The molecule has 0 aromatic heterocycles. The SMILES string of the molecule is CCc1ccc(C(C)NC(=O)c2ccc3c(c2)NC(=O)CO3)cc1. The van der Waals surface area contributed by atoms with E-state index in [1.807, 2.05) is 19.1 Å². The van der Waals surface area contributed by atoms with Crippen molar-refractivity contribution < 1.29 is 14.3 Å². The molecule has 124 valence electrons. The second-order valence-electron chi connectivity index (χ2n) is 5.84. The Labute approximate surface area is 141 Å². The maximum atomic E-state index is 12.5. The molecule has 2 N–H and O–H groups in total. The van der Waals surface area contributed by atoms with E-state index in [9.17, 15) is 9.59 Å². The van der Waals surface area contributed by atoms with Gasteiger partial charge in [-0.15, -0.1) is 0 Å². The first kappa shape index (κ1) is 16.1. The number of ether oxygens (including phenoxy) is 1. The van der Waals surface area contributed by atoms with Crippen LogP contribution in [0.5, 0.6) is 5.75 Å². The molecule has 0 radical (unpaired) electrons. The second-order valence-corrected chi connectivity index (χ2v) is 5.84. The Morgan fingerprint density at radius 1 is 1.25 bits per heavy atom. The minimum absolute atomic E-state index is 0.00331. The fourth-order valence-corrected chi connectivity index (χ4v) is 2.63. The summed E-state index contributed by atoms with van der Waals surface area (Å²) in [5.41, 5.74) is 3.33. The predicted molar refractivity (Wildman–Crippen MR) is 92.3 cm³/mol. The van der Waals surface area contributed by atoms with Crippen molar-refractivity contribution in [1.29, 1.82) is 0 Å². The molecule has 0 saturated carbocycles. The topological polar surface area (TPSA) is 67.4 Å². The Kier molecular flexibility index (Phi) is 4.51. The van der Waals surface area contributed by atoms with Crippen LogP contribution in [0.15, 0.2) is 42.5 Å². The standard InChI is InChI=1S/C19H20N2O3/c1-3-13-4-6-14(7-5-13)12(2)20-19(23)15-8-9-17-16(10-15)21-18(22)11-24-17/h4-10,12H,3,11H2,1-2H3,(H,20,23)(H,21,22). The van der Waals surface area contributed by atoms with Gasteiger partial charge in [-0.2, -0.15) is 0 Å². The number of amides is 2. The van der Waals surface area contributed by atoms with Gasteiger partial charge in [0.05, 0.1) is 11.7 Å². The highest BCUT2D eigenvalue weighted by molar-refractivity contribution is 5.99. The zero-order valence-electron chi connectivity index (χ0n) is 13.8. The molecule has 2 amide bonds. The van der Waals surface area contributed by atoms with Crippen LogP contribution in [0.25, 0.3) is 0 Å². The van der Waals surface area contributed by atoms with Crippen LogP contribution in [-0.4, -0.2) is 18.4 Å². The quantitative estimate of drug-likeness (QED) is 0.908. The summed E-state index contributed by atoms with van der Waals surface area (Å²) in [5.74, 6) is 0.170. The Morgan fingerprint density at radius 2 is 2.00 bits per heavy atom. The minimum atomic E-state index is -0.218. The second kappa shape index (κ2) is 6.74. The summed E-state index contributed by atoms with van der Waals surface area (Å²) < 4.78 is 5.30. The first-order chi connectivity index (χ1) is 11.6. The summed E-state index contributed by atoms with van der Waals surface area (Å²) in [5, 5.41) is 5.68. The highest BCUT2D eigenvalue weighted by atomic mass is 16.5. The third-order valence-corrected chi connectivity index (χ3v) is 4.11. The number of nitrogens with one attached hydrogen (secondary N) is 2. The van der Waals surface area contributed by atoms with E-state index < -0.39 is 0 Å². The van der Waals surface area contributed by atoms with Crippen molar-refractivity contribution in [2.24, 2.45) is 0 Å². The minimum Gasteiger partial charge on any atom is -0.482 e. The smallest absolute Gasteiger partial charge is 0.262 e. The molecule has 3 rings (SSSR count). The zero-order valence-corrected chi connectivity index (χ0v) is 13.8. The number of carbonyl (C=O) groups excluding carboxylic acids is 2.